The van der Waals surface area contributed by atoms with Crippen LogP contribution in [0, 0.1) is 0 Å². The van der Waals surface area contributed by atoms with Crippen molar-refractivity contribution in [3.8, 4) is 0 Å². The highest BCUT2D eigenvalue weighted by Gasteiger charge is 2.14. The molecule has 0 amide bonds. The number of rotatable bonds is 2. The Morgan fingerprint density at radius 1 is 1.35 bits per heavy atom. The molecule has 4 heteroatoms. The zero-order chi connectivity index (χ0) is 11.8. The summed E-state index contributed by atoms with van der Waals surface area (Å²) in [6.07, 6.45) is 3.80. The van der Waals surface area contributed by atoms with Gasteiger partial charge in [-0.15, -0.1) is 11.3 Å². The molecule has 0 radical (unpaired) electrons. The van der Waals surface area contributed by atoms with Gasteiger partial charge in [0.15, 0.2) is 0 Å². The van der Waals surface area contributed by atoms with Crippen LogP contribution in [0.3, 0.4) is 0 Å². The fourth-order valence-corrected chi connectivity index (χ4v) is 3.02. The summed E-state index contributed by atoms with van der Waals surface area (Å²) in [5.41, 5.74) is 8.52. The molecule has 17 heavy (non-hydrogen) atoms. The van der Waals surface area contributed by atoms with Gasteiger partial charge in [-0.2, -0.15) is 5.10 Å². The van der Waals surface area contributed by atoms with Crippen LogP contribution in [0.25, 0.3) is 10.1 Å². The lowest BCUT2D eigenvalue weighted by Gasteiger charge is -2.08. The first-order valence-corrected chi connectivity index (χ1v) is 6.34. The van der Waals surface area contributed by atoms with Crippen LogP contribution < -0.4 is 5.73 Å². The highest BCUT2D eigenvalue weighted by atomic mass is 32.1. The third-order valence-corrected chi connectivity index (χ3v) is 3.91. The lowest BCUT2D eigenvalue weighted by atomic mass is 10.0. The first kappa shape index (κ1) is 10.5. The average molecular weight is 243 g/mol. The summed E-state index contributed by atoms with van der Waals surface area (Å²) in [6.45, 7) is 0. The summed E-state index contributed by atoms with van der Waals surface area (Å²) in [6, 6.07) is 8.25. The van der Waals surface area contributed by atoms with Crippen LogP contribution in [0.4, 0.5) is 0 Å². The molecular formula is C13H13N3S. The van der Waals surface area contributed by atoms with E-state index in [0.29, 0.717) is 0 Å². The molecule has 2 aromatic heterocycles. The van der Waals surface area contributed by atoms with Crippen LogP contribution in [0.5, 0.6) is 0 Å². The topological polar surface area (TPSA) is 43.8 Å². The fraction of sp³-hybridized carbons (Fsp3) is 0.154. The Morgan fingerprint density at radius 2 is 2.18 bits per heavy atom. The van der Waals surface area contributed by atoms with Crippen LogP contribution in [0.1, 0.15) is 17.2 Å². The third-order valence-electron chi connectivity index (χ3n) is 2.93. The van der Waals surface area contributed by atoms with E-state index in [1.807, 2.05) is 19.4 Å². The van der Waals surface area contributed by atoms with Crippen molar-refractivity contribution >= 4 is 21.4 Å². The van der Waals surface area contributed by atoms with E-state index >= 15 is 0 Å². The molecule has 2 N–H and O–H groups in total. The number of hydrogen-bond acceptors (Lipinski definition) is 3. The fourth-order valence-electron chi connectivity index (χ4n) is 2.02. The number of thiophene rings is 1. The van der Waals surface area contributed by atoms with Gasteiger partial charge in [-0.3, -0.25) is 4.68 Å². The number of hydrogen-bond donors (Lipinski definition) is 1. The van der Waals surface area contributed by atoms with E-state index in [4.69, 9.17) is 5.73 Å². The Hall–Kier alpha value is -1.65. The van der Waals surface area contributed by atoms with Gasteiger partial charge in [0.1, 0.15) is 0 Å². The highest BCUT2D eigenvalue weighted by Crippen LogP contribution is 2.31. The number of nitrogens with two attached hydrogens (primary N) is 1. The maximum absolute atomic E-state index is 6.29. The van der Waals surface area contributed by atoms with Gasteiger partial charge in [0.2, 0.25) is 0 Å². The van der Waals surface area contributed by atoms with Crippen molar-refractivity contribution < 1.29 is 0 Å². The summed E-state index contributed by atoms with van der Waals surface area (Å²) in [5, 5.41) is 7.55. The molecule has 1 aromatic carbocycles. The second kappa shape index (κ2) is 3.98. The molecule has 3 nitrogen and oxygen atoms in total. The van der Waals surface area contributed by atoms with Crippen molar-refractivity contribution in [2.45, 2.75) is 6.04 Å². The molecule has 0 bridgehead atoms. The van der Waals surface area contributed by atoms with Gasteiger partial charge in [-0.05, 0) is 22.4 Å². The molecular weight excluding hydrogens is 230 g/mol. The van der Waals surface area contributed by atoms with E-state index in [1.54, 1.807) is 16.0 Å². The van der Waals surface area contributed by atoms with Crippen molar-refractivity contribution in [1.82, 2.24) is 9.78 Å². The predicted molar refractivity (Wildman–Crippen MR) is 71.1 cm³/mol. The lowest BCUT2D eigenvalue weighted by Crippen LogP contribution is -2.10. The molecule has 0 aliphatic rings. The largest absolute Gasteiger partial charge is 0.320 e. The van der Waals surface area contributed by atoms with Crippen LogP contribution in [-0.4, -0.2) is 9.78 Å². The summed E-state index contributed by atoms with van der Waals surface area (Å²) < 4.78 is 3.06. The van der Waals surface area contributed by atoms with Crippen LogP contribution >= 0.6 is 11.3 Å². The zero-order valence-electron chi connectivity index (χ0n) is 9.50. The molecule has 1 unspecified atom stereocenters. The predicted octanol–water partition coefficient (Wildman–Crippen LogP) is 2.68. The molecule has 0 saturated heterocycles. The van der Waals surface area contributed by atoms with E-state index in [9.17, 15) is 0 Å². The summed E-state index contributed by atoms with van der Waals surface area (Å²) >= 11 is 1.74. The minimum absolute atomic E-state index is 0.0974. The minimum Gasteiger partial charge on any atom is -0.320 e. The van der Waals surface area contributed by atoms with Crippen molar-refractivity contribution in [3.63, 3.8) is 0 Å². The lowest BCUT2D eigenvalue weighted by molar-refractivity contribution is 0.765. The minimum atomic E-state index is -0.0974. The Bertz CT molecular complexity index is 653. The average Bonchev–Trinajstić information content (AvgIpc) is 2.94. The van der Waals surface area contributed by atoms with Crippen molar-refractivity contribution in [1.29, 1.82) is 0 Å². The Balaban J connectivity index is 2.09. The van der Waals surface area contributed by atoms with Gasteiger partial charge in [0.25, 0.3) is 0 Å². The molecule has 0 aliphatic heterocycles. The second-order valence-electron chi connectivity index (χ2n) is 4.11. The Labute approximate surface area is 103 Å². The molecule has 0 aliphatic carbocycles. The maximum Gasteiger partial charge on any atom is 0.0597 e. The Morgan fingerprint density at radius 3 is 2.94 bits per heavy atom. The van der Waals surface area contributed by atoms with Gasteiger partial charge < -0.3 is 5.73 Å². The zero-order valence-corrected chi connectivity index (χ0v) is 10.3. The van der Waals surface area contributed by atoms with Gasteiger partial charge in [-0.1, -0.05) is 18.2 Å². The molecule has 2 heterocycles. The molecule has 0 saturated carbocycles. The third kappa shape index (κ3) is 1.75. The van der Waals surface area contributed by atoms with E-state index in [-0.39, 0.29) is 6.04 Å². The molecule has 3 rings (SSSR count). The van der Waals surface area contributed by atoms with Crippen molar-refractivity contribution in [2.75, 3.05) is 0 Å². The SMILES string of the molecule is Cn1cc(C(N)c2csc3ccccc23)cn1. The number of nitrogens with zero attached hydrogens (tertiary/aromatic N) is 2. The van der Waals surface area contributed by atoms with Gasteiger partial charge in [-0.25, -0.2) is 0 Å². The van der Waals surface area contributed by atoms with Gasteiger partial charge >= 0.3 is 0 Å². The van der Waals surface area contributed by atoms with Gasteiger partial charge in [0.05, 0.1) is 12.2 Å². The van der Waals surface area contributed by atoms with Gasteiger partial charge in [0, 0.05) is 23.5 Å². The quantitative estimate of drug-likeness (QED) is 0.752. The normalized spacial score (nSPS) is 13.1. The smallest absolute Gasteiger partial charge is 0.0597 e. The van der Waals surface area contributed by atoms with Crippen LogP contribution in [0.15, 0.2) is 42.0 Å². The Kier molecular flexibility index (Phi) is 2.46. The summed E-state index contributed by atoms with van der Waals surface area (Å²) in [7, 11) is 1.90. The number of aromatic nitrogens is 2. The van der Waals surface area contributed by atoms with E-state index in [2.05, 4.69) is 34.7 Å². The van der Waals surface area contributed by atoms with Crippen LogP contribution in [0.2, 0.25) is 0 Å². The van der Waals surface area contributed by atoms with E-state index in [0.717, 1.165) is 5.56 Å². The van der Waals surface area contributed by atoms with E-state index < -0.39 is 0 Å². The molecule has 0 spiro atoms. The van der Waals surface area contributed by atoms with E-state index in [1.165, 1.54) is 15.6 Å². The standard InChI is InChI=1S/C13H13N3S/c1-16-7-9(6-15-16)13(14)11-8-17-12-5-3-2-4-10(11)12/h2-8,13H,14H2,1H3. The van der Waals surface area contributed by atoms with Crippen molar-refractivity contribution in [2.24, 2.45) is 12.8 Å². The van der Waals surface area contributed by atoms with Crippen LogP contribution in [-0.2, 0) is 7.05 Å². The molecule has 3 aromatic rings. The first-order valence-electron chi connectivity index (χ1n) is 5.46. The summed E-state index contributed by atoms with van der Waals surface area (Å²) in [5.74, 6) is 0. The summed E-state index contributed by atoms with van der Waals surface area (Å²) in [4.78, 5) is 0. The molecule has 1 atom stereocenters. The number of fused-ring (bicyclic) bond motifs is 1. The monoisotopic (exact) mass is 243 g/mol. The maximum atomic E-state index is 6.29. The molecule has 0 fully saturated rings. The second-order valence-corrected chi connectivity index (χ2v) is 5.02. The number of aryl methyl sites for hydroxylation is 1. The first-order chi connectivity index (χ1) is 8.25. The molecule has 86 valence electrons. The number of benzene rings is 1. The van der Waals surface area contributed by atoms with Crippen molar-refractivity contribution in [3.05, 3.63) is 53.2 Å². The highest BCUT2D eigenvalue weighted by molar-refractivity contribution is 7.17.